The summed E-state index contributed by atoms with van der Waals surface area (Å²) in [5.41, 5.74) is 1.52. The van der Waals surface area contributed by atoms with Gasteiger partial charge in [-0.2, -0.15) is 5.10 Å². The highest BCUT2D eigenvalue weighted by Crippen LogP contribution is 2.22. The van der Waals surface area contributed by atoms with Gasteiger partial charge in [0.25, 0.3) is 5.91 Å². The summed E-state index contributed by atoms with van der Waals surface area (Å²) in [6.07, 6.45) is 3.02. The van der Waals surface area contributed by atoms with E-state index in [0.717, 1.165) is 0 Å². The number of piperazine rings is 1. The first-order valence-electron chi connectivity index (χ1n) is 10.8. The number of ether oxygens (including phenoxy) is 1. The Hall–Kier alpha value is -4.08. The zero-order chi connectivity index (χ0) is 24.2. The van der Waals surface area contributed by atoms with E-state index in [1.807, 2.05) is 11.0 Å². The van der Waals surface area contributed by atoms with Crippen molar-refractivity contribution in [2.45, 2.75) is 13.8 Å². The maximum atomic E-state index is 14.4. The Labute approximate surface area is 195 Å². The number of hydrogen-bond donors (Lipinski definition) is 0. The number of anilines is 1. The SMILES string of the molecule is CC(=O)c1ccc(N2CCN(C(=O)COC(=O)c3cnn(-c4ccccn4)c3C)CC2)c(F)c1. The molecule has 0 aliphatic carbocycles. The second-order valence-electron chi connectivity index (χ2n) is 7.91. The summed E-state index contributed by atoms with van der Waals surface area (Å²) in [5, 5.41) is 4.19. The van der Waals surface area contributed by atoms with Gasteiger partial charge in [0, 0.05) is 37.9 Å². The van der Waals surface area contributed by atoms with Crippen LogP contribution in [0.25, 0.3) is 5.82 Å². The van der Waals surface area contributed by atoms with Gasteiger partial charge < -0.3 is 14.5 Å². The van der Waals surface area contributed by atoms with E-state index >= 15 is 0 Å². The van der Waals surface area contributed by atoms with Gasteiger partial charge >= 0.3 is 5.97 Å². The molecule has 3 aromatic rings. The van der Waals surface area contributed by atoms with Crippen LogP contribution in [-0.4, -0.2) is 70.1 Å². The zero-order valence-electron chi connectivity index (χ0n) is 18.9. The first kappa shape index (κ1) is 23.1. The third kappa shape index (κ3) is 4.80. The first-order chi connectivity index (χ1) is 16.3. The molecule has 0 unspecified atom stereocenters. The molecule has 1 aromatic carbocycles. The summed E-state index contributed by atoms with van der Waals surface area (Å²) < 4.78 is 21.2. The fraction of sp³-hybridized carbons (Fsp3) is 0.292. The van der Waals surface area contributed by atoms with Crippen molar-refractivity contribution in [2.75, 3.05) is 37.7 Å². The van der Waals surface area contributed by atoms with Crippen LogP contribution in [0.2, 0.25) is 0 Å². The first-order valence-corrected chi connectivity index (χ1v) is 10.8. The third-order valence-corrected chi connectivity index (χ3v) is 5.75. The lowest BCUT2D eigenvalue weighted by atomic mass is 10.1. The maximum Gasteiger partial charge on any atom is 0.342 e. The Kier molecular flexibility index (Phi) is 6.67. The molecule has 0 atom stereocenters. The van der Waals surface area contributed by atoms with Gasteiger partial charge in [-0.1, -0.05) is 6.07 Å². The van der Waals surface area contributed by atoms with Crippen molar-refractivity contribution in [3.8, 4) is 5.82 Å². The number of aromatic nitrogens is 3. The lowest BCUT2D eigenvalue weighted by Crippen LogP contribution is -2.50. The summed E-state index contributed by atoms with van der Waals surface area (Å²) >= 11 is 0. The molecule has 1 saturated heterocycles. The van der Waals surface area contributed by atoms with Gasteiger partial charge in [-0.15, -0.1) is 0 Å². The molecule has 0 radical (unpaired) electrons. The number of carbonyl (C=O) groups excluding carboxylic acids is 3. The van der Waals surface area contributed by atoms with E-state index in [-0.39, 0.29) is 17.3 Å². The molecule has 176 valence electrons. The number of rotatable bonds is 6. The van der Waals surface area contributed by atoms with Crippen LogP contribution in [0.15, 0.2) is 48.8 Å². The summed E-state index contributed by atoms with van der Waals surface area (Å²) in [6, 6.07) is 9.77. The van der Waals surface area contributed by atoms with E-state index in [1.54, 1.807) is 42.3 Å². The van der Waals surface area contributed by atoms with Gasteiger partial charge in [0.2, 0.25) is 0 Å². The molecule has 0 spiro atoms. The van der Waals surface area contributed by atoms with Crippen molar-refractivity contribution in [3.05, 3.63) is 71.4 Å². The molecule has 9 nitrogen and oxygen atoms in total. The number of halogens is 1. The van der Waals surface area contributed by atoms with E-state index in [4.69, 9.17) is 4.74 Å². The highest BCUT2D eigenvalue weighted by molar-refractivity contribution is 5.94. The van der Waals surface area contributed by atoms with Crippen LogP contribution in [0.5, 0.6) is 0 Å². The van der Waals surface area contributed by atoms with Crippen molar-refractivity contribution >= 4 is 23.3 Å². The number of esters is 1. The molecule has 3 heterocycles. The van der Waals surface area contributed by atoms with Crippen LogP contribution in [0.4, 0.5) is 10.1 Å². The Morgan fingerprint density at radius 2 is 1.85 bits per heavy atom. The van der Waals surface area contributed by atoms with Crippen LogP contribution in [0, 0.1) is 12.7 Å². The fourth-order valence-corrected chi connectivity index (χ4v) is 3.80. The van der Waals surface area contributed by atoms with Crippen LogP contribution < -0.4 is 4.90 Å². The standard InChI is InChI=1S/C24H24FN5O4/c1-16-19(14-27-30(16)22-5-3-4-8-26-22)24(33)34-15-23(32)29-11-9-28(10-12-29)21-7-6-18(17(2)31)13-20(21)25/h3-8,13-14H,9-12,15H2,1-2H3. The number of pyridine rings is 1. The normalized spacial score (nSPS) is 13.6. The minimum absolute atomic E-state index is 0.199. The number of hydrogen-bond acceptors (Lipinski definition) is 7. The highest BCUT2D eigenvalue weighted by Gasteiger charge is 2.25. The number of benzene rings is 1. The average Bonchev–Trinajstić information content (AvgIpc) is 3.24. The van der Waals surface area contributed by atoms with Crippen molar-refractivity contribution < 1.29 is 23.5 Å². The fourth-order valence-electron chi connectivity index (χ4n) is 3.80. The van der Waals surface area contributed by atoms with Gasteiger partial charge in [-0.3, -0.25) is 9.59 Å². The van der Waals surface area contributed by atoms with E-state index in [0.29, 0.717) is 48.9 Å². The molecule has 34 heavy (non-hydrogen) atoms. The van der Waals surface area contributed by atoms with Gasteiger partial charge in [0.1, 0.15) is 11.4 Å². The monoisotopic (exact) mass is 465 g/mol. The highest BCUT2D eigenvalue weighted by atomic mass is 19.1. The number of amides is 1. The number of nitrogens with zero attached hydrogens (tertiary/aromatic N) is 5. The van der Waals surface area contributed by atoms with Crippen molar-refractivity contribution in [1.82, 2.24) is 19.7 Å². The molecule has 0 saturated carbocycles. The molecular weight excluding hydrogens is 441 g/mol. The predicted octanol–water partition coefficient (Wildman–Crippen LogP) is 2.42. The molecule has 4 rings (SSSR count). The quantitative estimate of drug-likeness (QED) is 0.407. The zero-order valence-corrected chi connectivity index (χ0v) is 18.9. The lowest BCUT2D eigenvalue weighted by molar-refractivity contribution is -0.134. The second kappa shape index (κ2) is 9.82. The molecule has 0 N–H and O–H groups in total. The molecule has 1 aliphatic rings. The van der Waals surface area contributed by atoms with Crippen molar-refractivity contribution in [1.29, 1.82) is 0 Å². The molecule has 10 heteroatoms. The largest absolute Gasteiger partial charge is 0.452 e. The van der Waals surface area contributed by atoms with Gasteiger partial charge in [-0.25, -0.2) is 18.9 Å². The Morgan fingerprint density at radius 3 is 2.50 bits per heavy atom. The van der Waals surface area contributed by atoms with E-state index < -0.39 is 18.4 Å². The number of carbonyl (C=O) groups is 3. The predicted molar refractivity (Wildman–Crippen MR) is 122 cm³/mol. The van der Waals surface area contributed by atoms with Crippen LogP contribution in [0.3, 0.4) is 0 Å². The summed E-state index contributed by atoms with van der Waals surface area (Å²) in [5.74, 6) is -1.06. The third-order valence-electron chi connectivity index (χ3n) is 5.75. The average molecular weight is 465 g/mol. The topological polar surface area (TPSA) is 97.6 Å². The molecule has 1 amide bonds. The molecule has 0 bridgehead atoms. The van der Waals surface area contributed by atoms with Gasteiger partial charge in [0.15, 0.2) is 18.2 Å². The molecule has 2 aromatic heterocycles. The van der Waals surface area contributed by atoms with E-state index in [1.165, 1.54) is 23.9 Å². The van der Waals surface area contributed by atoms with Crippen LogP contribution >= 0.6 is 0 Å². The van der Waals surface area contributed by atoms with Crippen LogP contribution in [0.1, 0.15) is 33.3 Å². The summed E-state index contributed by atoms with van der Waals surface area (Å²) in [6.45, 7) is 4.29. The van der Waals surface area contributed by atoms with E-state index in [9.17, 15) is 18.8 Å². The second-order valence-corrected chi connectivity index (χ2v) is 7.91. The molecule has 1 fully saturated rings. The summed E-state index contributed by atoms with van der Waals surface area (Å²) in [7, 11) is 0. The molecule has 1 aliphatic heterocycles. The van der Waals surface area contributed by atoms with Gasteiger partial charge in [-0.05, 0) is 44.2 Å². The maximum absolute atomic E-state index is 14.4. The Morgan fingerprint density at radius 1 is 1.09 bits per heavy atom. The van der Waals surface area contributed by atoms with Crippen molar-refractivity contribution in [2.24, 2.45) is 0 Å². The Bertz CT molecular complexity index is 1220. The molecular formula is C24H24FN5O4. The Balaban J connectivity index is 1.31. The minimum Gasteiger partial charge on any atom is -0.452 e. The van der Waals surface area contributed by atoms with E-state index in [2.05, 4.69) is 10.1 Å². The lowest BCUT2D eigenvalue weighted by Gasteiger charge is -2.36. The van der Waals surface area contributed by atoms with Crippen molar-refractivity contribution in [3.63, 3.8) is 0 Å². The minimum atomic E-state index is -0.640. The smallest absolute Gasteiger partial charge is 0.342 e. The summed E-state index contributed by atoms with van der Waals surface area (Å²) in [4.78, 5) is 44.1. The van der Waals surface area contributed by atoms with Crippen LogP contribution in [-0.2, 0) is 9.53 Å². The van der Waals surface area contributed by atoms with Gasteiger partial charge in [0.05, 0.1) is 17.6 Å². The number of ketones is 1. The number of Topliss-reactive ketones (excluding diaryl/α,β-unsaturated/α-hetero) is 1.